The van der Waals surface area contributed by atoms with Crippen LogP contribution >= 0.6 is 23.4 Å². The van der Waals surface area contributed by atoms with E-state index in [9.17, 15) is 0 Å². The van der Waals surface area contributed by atoms with Crippen LogP contribution in [0.3, 0.4) is 0 Å². The molecule has 1 fully saturated rings. The third-order valence-electron chi connectivity index (χ3n) is 2.76. The quantitative estimate of drug-likeness (QED) is 0.483. The molecule has 1 heterocycles. The van der Waals surface area contributed by atoms with E-state index in [1.165, 1.54) is 0 Å². The molecule has 0 unspecified atom stereocenters. The van der Waals surface area contributed by atoms with E-state index >= 15 is 0 Å². The molecular weight excluding hydrogens is 242 g/mol. The van der Waals surface area contributed by atoms with E-state index in [1.54, 1.807) is 18.0 Å². The Balaban J connectivity index is 1.93. The minimum atomic E-state index is 0.233. The number of nitrogens with one attached hydrogen (secondary N) is 1. The Morgan fingerprint density at radius 1 is 1.62 bits per heavy atom. The summed E-state index contributed by atoms with van der Waals surface area (Å²) in [5.41, 5.74) is 5.68. The Bertz CT molecular complexity index is 404. The fourth-order valence-corrected chi connectivity index (χ4v) is 3.11. The first kappa shape index (κ1) is 11.7. The Morgan fingerprint density at radius 3 is 2.94 bits per heavy atom. The van der Waals surface area contributed by atoms with Gasteiger partial charge in [-0.3, -0.25) is 5.41 Å². The number of pyridine rings is 1. The predicted octanol–water partition coefficient (Wildman–Crippen LogP) is 2.93. The number of nitrogens with two attached hydrogens (primary N) is 1. The first-order chi connectivity index (χ1) is 7.61. The van der Waals surface area contributed by atoms with Gasteiger partial charge in [0.05, 0.1) is 10.9 Å². The van der Waals surface area contributed by atoms with Gasteiger partial charge in [-0.15, -0.1) is 11.8 Å². The standard InChI is InChI=1S/C11H14ClN3S/c12-8-2-1-5-15-10(8)16-7-11(3-4-11)6-9(13)14/h1-2,5H,3-4,6-7H2,(H3,13,14). The van der Waals surface area contributed by atoms with Gasteiger partial charge in [-0.1, -0.05) is 11.6 Å². The third-order valence-corrected chi connectivity index (χ3v) is 4.53. The smallest absolute Gasteiger partial charge is 0.115 e. The largest absolute Gasteiger partial charge is 0.388 e. The van der Waals surface area contributed by atoms with Gasteiger partial charge in [0.2, 0.25) is 0 Å². The average Bonchev–Trinajstić information content (AvgIpc) is 2.96. The highest BCUT2D eigenvalue weighted by atomic mass is 35.5. The van der Waals surface area contributed by atoms with Crippen LogP contribution in [-0.4, -0.2) is 16.6 Å². The summed E-state index contributed by atoms with van der Waals surface area (Å²) in [7, 11) is 0. The van der Waals surface area contributed by atoms with E-state index in [1.807, 2.05) is 12.1 Å². The van der Waals surface area contributed by atoms with Gasteiger partial charge in [0, 0.05) is 18.4 Å². The Kier molecular flexibility index (Phi) is 3.40. The van der Waals surface area contributed by atoms with Crippen LogP contribution in [0.25, 0.3) is 0 Å². The van der Waals surface area contributed by atoms with Gasteiger partial charge in [-0.25, -0.2) is 4.98 Å². The Hall–Kier alpha value is -0.740. The summed E-state index contributed by atoms with van der Waals surface area (Å²) in [4.78, 5) is 4.23. The van der Waals surface area contributed by atoms with Crippen LogP contribution in [0.5, 0.6) is 0 Å². The summed E-state index contributed by atoms with van der Waals surface area (Å²) in [6.45, 7) is 0. The molecule has 1 aliphatic rings. The third kappa shape index (κ3) is 2.89. The number of rotatable bonds is 5. The van der Waals surface area contributed by atoms with Crippen LogP contribution < -0.4 is 5.73 Å². The maximum atomic E-state index is 7.34. The molecule has 0 atom stereocenters. The minimum Gasteiger partial charge on any atom is -0.388 e. The highest BCUT2D eigenvalue weighted by Gasteiger charge is 2.43. The summed E-state index contributed by atoms with van der Waals surface area (Å²) in [6.07, 6.45) is 4.76. The van der Waals surface area contributed by atoms with Gasteiger partial charge in [0.1, 0.15) is 5.03 Å². The van der Waals surface area contributed by atoms with Crippen LogP contribution in [0, 0.1) is 10.8 Å². The van der Waals surface area contributed by atoms with Gasteiger partial charge in [-0.2, -0.15) is 0 Å². The molecule has 3 N–H and O–H groups in total. The summed E-state index contributed by atoms with van der Waals surface area (Å²) >= 11 is 7.69. The summed E-state index contributed by atoms with van der Waals surface area (Å²) in [6, 6.07) is 3.68. The van der Waals surface area contributed by atoms with Crippen molar-refractivity contribution in [1.29, 1.82) is 5.41 Å². The number of thioether (sulfide) groups is 1. The second-order valence-corrected chi connectivity index (χ2v) is 5.65. The zero-order chi connectivity index (χ0) is 11.6. The molecule has 0 aromatic carbocycles. The lowest BCUT2D eigenvalue weighted by molar-refractivity contribution is 0.611. The number of hydrogen-bond donors (Lipinski definition) is 2. The lowest BCUT2D eigenvalue weighted by Gasteiger charge is -2.13. The van der Waals surface area contributed by atoms with Crippen molar-refractivity contribution in [3.8, 4) is 0 Å². The molecule has 2 rings (SSSR count). The van der Waals surface area contributed by atoms with E-state index in [2.05, 4.69) is 4.98 Å². The van der Waals surface area contributed by atoms with Crippen molar-refractivity contribution in [3.63, 3.8) is 0 Å². The second kappa shape index (κ2) is 4.63. The molecule has 0 spiro atoms. The molecule has 0 aliphatic heterocycles. The lowest BCUT2D eigenvalue weighted by Crippen LogP contribution is -2.18. The number of aromatic nitrogens is 1. The van der Waals surface area contributed by atoms with E-state index in [0.29, 0.717) is 11.4 Å². The molecule has 1 aliphatic carbocycles. The van der Waals surface area contributed by atoms with Crippen LogP contribution in [0.1, 0.15) is 19.3 Å². The van der Waals surface area contributed by atoms with Gasteiger partial charge in [0.25, 0.3) is 0 Å². The van der Waals surface area contributed by atoms with Crippen molar-refractivity contribution in [1.82, 2.24) is 4.98 Å². The molecule has 1 saturated carbocycles. The van der Waals surface area contributed by atoms with E-state index in [-0.39, 0.29) is 11.3 Å². The summed E-state index contributed by atoms with van der Waals surface area (Å²) in [5.74, 6) is 1.23. The lowest BCUT2D eigenvalue weighted by atomic mass is 10.1. The molecule has 1 aromatic heterocycles. The van der Waals surface area contributed by atoms with E-state index in [4.69, 9.17) is 22.7 Å². The van der Waals surface area contributed by atoms with E-state index in [0.717, 1.165) is 23.6 Å². The molecule has 0 saturated heterocycles. The molecule has 1 aromatic rings. The topological polar surface area (TPSA) is 62.8 Å². The number of nitrogens with zero attached hydrogens (tertiary/aromatic N) is 1. The van der Waals surface area contributed by atoms with Crippen molar-refractivity contribution in [2.24, 2.45) is 11.1 Å². The van der Waals surface area contributed by atoms with Crippen LogP contribution in [-0.2, 0) is 0 Å². The molecular formula is C11H14ClN3S. The van der Waals surface area contributed by atoms with Crippen molar-refractivity contribution < 1.29 is 0 Å². The fourth-order valence-electron chi connectivity index (χ4n) is 1.65. The van der Waals surface area contributed by atoms with Gasteiger partial charge in [-0.05, 0) is 30.4 Å². The maximum Gasteiger partial charge on any atom is 0.115 e. The zero-order valence-corrected chi connectivity index (χ0v) is 10.4. The monoisotopic (exact) mass is 255 g/mol. The van der Waals surface area contributed by atoms with Crippen molar-refractivity contribution >= 4 is 29.2 Å². The zero-order valence-electron chi connectivity index (χ0n) is 8.87. The molecule has 0 amide bonds. The van der Waals surface area contributed by atoms with Gasteiger partial charge in [0.15, 0.2) is 0 Å². The van der Waals surface area contributed by atoms with Crippen LogP contribution in [0.15, 0.2) is 23.4 Å². The Morgan fingerprint density at radius 2 is 2.38 bits per heavy atom. The summed E-state index contributed by atoms with van der Waals surface area (Å²) in [5, 5.41) is 8.92. The average molecular weight is 256 g/mol. The minimum absolute atomic E-state index is 0.233. The summed E-state index contributed by atoms with van der Waals surface area (Å²) < 4.78 is 0. The Labute approximate surface area is 104 Å². The SMILES string of the molecule is N=C(N)CC1(CSc2ncccc2Cl)CC1. The van der Waals surface area contributed by atoms with Crippen molar-refractivity contribution in [2.45, 2.75) is 24.3 Å². The van der Waals surface area contributed by atoms with Crippen LogP contribution in [0.4, 0.5) is 0 Å². The molecule has 0 radical (unpaired) electrons. The number of halogens is 1. The van der Waals surface area contributed by atoms with Crippen LogP contribution in [0.2, 0.25) is 5.02 Å². The number of amidine groups is 1. The second-order valence-electron chi connectivity index (χ2n) is 4.28. The number of hydrogen-bond acceptors (Lipinski definition) is 3. The highest BCUT2D eigenvalue weighted by molar-refractivity contribution is 7.99. The molecule has 86 valence electrons. The maximum absolute atomic E-state index is 7.34. The van der Waals surface area contributed by atoms with E-state index < -0.39 is 0 Å². The molecule has 3 nitrogen and oxygen atoms in total. The molecule has 16 heavy (non-hydrogen) atoms. The van der Waals surface area contributed by atoms with Crippen molar-refractivity contribution in [2.75, 3.05) is 5.75 Å². The highest BCUT2D eigenvalue weighted by Crippen LogP contribution is 2.52. The molecule has 5 heteroatoms. The molecule has 0 bridgehead atoms. The van der Waals surface area contributed by atoms with Gasteiger partial charge < -0.3 is 5.73 Å². The first-order valence-corrected chi connectivity index (χ1v) is 6.54. The predicted molar refractivity (Wildman–Crippen MR) is 68.2 cm³/mol. The van der Waals surface area contributed by atoms with Crippen molar-refractivity contribution in [3.05, 3.63) is 23.4 Å². The normalized spacial score (nSPS) is 17.1. The van der Waals surface area contributed by atoms with Gasteiger partial charge >= 0.3 is 0 Å². The fraction of sp³-hybridized carbons (Fsp3) is 0.455. The first-order valence-electron chi connectivity index (χ1n) is 5.18.